The van der Waals surface area contributed by atoms with Gasteiger partial charge in [0.1, 0.15) is 5.82 Å². The Balaban J connectivity index is 0.00000196. The highest BCUT2D eigenvalue weighted by Gasteiger charge is 1.92. The summed E-state index contributed by atoms with van der Waals surface area (Å²) in [5.41, 5.74) is 1.07. The maximum atomic E-state index is 12.5. The smallest absolute Gasteiger partial charge is 0.123 e. The number of halogens is 3. The van der Waals surface area contributed by atoms with Crippen LogP contribution in [-0.4, -0.2) is 13.1 Å². The van der Waals surface area contributed by atoms with Crippen molar-refractivity contribution in [2.24, 2.45) is 0 Å². The Labute approximate surface area is 94.6 Å². The molecule has 0 heterocycles. The Morgan fingerprint density at radius 1 is 1.20 bits per heavy atom. The molecular formula is C11H14ClF2N. The second kappa shape index (κ2) is 8.38. The van der Waals surface area contributed by atoms with Gasteiger partial charge in [0.05, 0.1) is 6.33 Å². The van der Waals surface area contributed by atoms with Gasteiger partial charge < -0.3 is 5.32 Å². The van der Waals surface area contributed by atoms with Crippen molar-refractivity contribution in [3.8, 4) is 0 Å². The second-order valence-electron chi connectivity index (χ2n) is 2.94. The van der Waals surface area contributed by atoms with Crippen molar-refractivity contribution in [2.45, 2.75) is 6.42 Å². The number of nitrogens with one attached hydrogen (secondary N) is 1. The van der Waals surface area contributed by atoms with Crippen LogP contribution in [0.5, 0.6) is 0 Å². The Hall–Kier alpha value is -0.930. The van der Waals surface area contributed by atoms with Crippen LogP contribution in [0.4, 0.5) is 8.78 Å². The SMILES string of the molecule is Cl.F/C=C/CNCCc1ccc(F)cc1. The van der Waals surface area contributed by atoms with E-state index < -0.39 is 0 Å². The van der Waals surface area contributed by atoms with Gasteiger partial charge in [-0.1, -0.05) is 12.1 Å². The van der Waals surface area contributed by atoms with Crippen LogP contribution in [0.25, 0.3) is 0 Å². The molecule has 0 radical (unpaired) electrons. The average molecular weight is 234 g/mol. The first-order valence-corrected chi connectivity index (χ1v) is 4.53. The van der Waals surface area contributed by atoms with Crippen molar-refractivity contribution < 1.29 is 8.78 Å². The summed E-state index contributed by atoms with van der Waals surface area (Å²) < 4.78 is 24.0. The molecule has 1 rings (SSSR count). The highest BCUT2D eigenvalue weighted by Crippen LogP contribution is 2.02. The molecule has 0 aromatic heterocycles. The van der Waals surface area contributed by atoms with E-state index in [0.29, 0.717) is 12.9 Å². The van der Waals surface area contributed by atoms with Gasteiger partial charge in [-0.25, -0.2) is 8.78 Å². The van der Waals surface area contributed by atoms with E-state index >= 15 is 0 Å². The third-order valence-electron chi connectivity index (χ3n) is 1.85. The van der Waals surface area contributed by atoms with Crippen LogP contribution in [0.15, 0.2) is 36.7 Å². The lowest BCUT2D eigenvalue weighted by Crippen LogP contribution is -2.16. The van der Waals surface area contributed by atoms with Gasteiger partial charge in [-0.05, 0) is 36.7 Å². The van der Waals surface area contributed by atoms with Gasteiger partial charge in [-0.3, -0.25) is 0 Å². The lowest BCUT2D eigenvalue weighted by Gasteiger charge is -2.01. The fourth-order valence-electron chi connectivity index (χ4n) is 1.11. The zero-order valence-electron chi connectivity index (χ0n) is 8.25. The zero-order chi connectivity index (χ0) is 10.2. The molecule has 4 heteroatoms. The van der Waals surface area contributed by atoms with Crippen LogP contribution < -0.4 is 5.32 Å². The largest absolute Gasteiger partial charge is 0.313 e. The highest BCUT2D eigenvalue weighted by molar-refractivity contribution is 5.85. The van der Waals surface area contributed by atoms with E-state index in [9.17, 15) is 8.78 Å². The molecule has 84 valence electrons. The first-order valence-electron chi connectivity index (χ1n) is 4.53. The summed E-state index contributed by atoms with van der Waals surface area (Å²) in [6.07, 6.45) is 2.75. The Morgan fingerprint density at radius 3 is 2.47 bits per heavy atom. The van der Waals surface area contributed by atoms with Gasteiger partial charge in [-0.15, -0.1) is 12.4 Å². The predicted octanol–water partition coefficient (Wildman–Crippen LogP) is 2.86. The summed E-state index contributed by atoms with van der Waals surface area (Å²) in [4.78, 5) is 0. The predicted molar refractivity (Wildman–Crippen MR) is 60.5 cm³/mol. The van der Waals surface area contributed by atoms with Gasteiger partial charge in [-0.2, -0.15) is 0 Å². The van der Waals surface area contributed by atoms with Crippen LogP contribution in [-0.2, 0) is 6.42 Å². The van der Waals surface area contributed by atoms with Crippen LogP contribution in [0, 0.1) is 5.82 Å². The van der Waals surface area contributed by atoms with E-state index in [1.807, 2.05) is 0 Å². The third kappa shape index (κ3) is 6.20. The number of hydrogen-bond donors (Lipinski definition) is 1. The molecule has 0 amide bonds. The second-order valence-corrected chi connectivity index (χ2v) is 2.94. The van der Waals surface area contributed by atoms with Crippen LogP contribution in [0.2, 0.25) is 0 Å². The molecule has 0 aliphatic carbocycles. The molecular weight excluding hydrogens is 220 g/mol. The summed E-state index contributed by atoms with van der Waals surface area (Å²) in [6, 6.07) is 6.39. The molecule has 1 aromatic carbocycles. The normalized spacial score (nSPS) is 10.3. The third-order valence-corrected chi connectivity index (χ3v) is 1.85. The maximum absolute atomic E-state index is 12.5. The van der Waals surface area contributed by atoms with Crippen molar-refractivity contribution in [3.05, 3.63) is 48.1 Å². The molecule has 0 saturated heterocycles. The minimum absolute atomic E-state index is 0. The van der Waals surface area contributed by atoms with Crippen molar-refractivity contribution in [3.63, 3.8) is 0 Å². The maximum Gasteiger partial charge on any atom is 0.123 e. The molecule has 1 nitrogen and oxygen atoms in total. The van der Waals surface area contributed by atoms with E-state index in [1.54, 1.807) is 12.1 Å². The standard InChI is InChI=1S/C11H13F2N.ClH/c12-7-1-8-14-9-6-10-2-4-11(13)5-3-10;/h1-5,7,14H,6,8-9H2;1H/b7-1+;. The minimum atomic E-state index is -0.220. The number of benzene rings is 1. The molecule has 0 bridgehead atoms. The molecule has 15 heavy (non-hydrogen) atoms. The van der Waals surface area contributed by atoms with E-state index in [2.05, 4.69) is 5.32 Å². The molecule has 0 spiro atoms. The zero-order valence-corrected chi connectivity index (χ0v) is 9.07. The van der Waals surface area contributed by atoms with Gasteiger partial charge in [0, 0.05) is 6.54 Å². The van der Waals surface area contributed by atoms with E-state index in [-0.39, 0.29) is 18.2 Å². The van der Waals surface area contributed by atoms with Crippen molar-refractivity contribution in [1.82, 2.24) is 5.32 Å². The van der Waals surface area contributed by atoms with Gasteiger partial charge in [0.25, 0.3) is 0 Å². The van der Waals surface area contributed by atoms with E-state index in [0.717, 1.165) is 18.5 Å². The number of hydrogen-bond acceptors (Lipinski definition) is 1. The lowest BCUT2D eigenvalue weighted by atomic mass is 10.1. The monoisotopic (exact) mass is 233 g/mol. The summed E-state index contributed by atoms with van der Waals surface area (Å²) in [7, 11) is 0. The quantitative estimate of drug-likeness (QED) is 0.772. The van der Waals surface area contributed by atoms with Gasteiger partial charge in [0.2, 0.25) is 0 Å². The first kappa shape index (κ1) is 14.1. The highest BCUT2D eigenvalue weighted by atomic mass is 35.5. The molecule has 0 aliphatic rings. The van der Waals surface area contributed by atoms with Crippen LogP contribution in [0.3, 0.4) is 0 Å². The summed E-state index contributed by atoms with van der Waals surface area (Å²) in [5.74, 6) is -0.220. The molecule has 0 fully saturated rings. The van der Waals surface area contributed by atoms with Gasteiger partial charge >= 0.3 is 0 Å². The van der Waals surface area contributed by atoms with Gasteiger partial charge in [0.15, 0.2) is 0 Å². The van der Waals surface area contributed by atoms with E-state index in [4.69, 9.17) is 0 Å². The molecule has 0 atom stereocenters. The molecule has 1 aromatic rings. The molecule has 0 aliphatic heterocycles. The minimum Gasteiger partial charge on any atom is -0.313 e. The Bertz CT molecular complexity index is 285. The van der Waals surface area contributed by atoms with E-state index in [1.165, 1.54) is 18.2 Å². The molecule has 1 N–H and O–H groups in total. The van der Waals surface area contributed by atoms with Crippen LogP contribution >= 0.6 is 12.4 Å². The van der Waals surface area contributed by atoms with Crippen molar-refractivity contribution >= 4 is 12.4 Å². The molecule has 0 unspecified atom stereocenters. The van der Waals surface area contributed by atoms with Crippen molar-refractivity contribution in [1.29, 1.82) is 0 Å². The average Bonchev–Trinajstić information content (AvgIpc) is 2.21. The fourth-order valence-corrected chi connectivity index (χ4v) is 1.11. The first-order chi connectivity index (χ1) is 6.83. The topological polar surface area (TPSA) is 12.0 Å². The van der Waals surface area contributed by atoms with Crippen LogP contribution in [0.1, 0.15) is 5.56 Å². The fraction of sp³-hybridized carbons (Fsp3) is 0.273. The summed E-state index contributed by atoms with van der Waals surface area (Å²) in [5, 5.41) is 3.03. The number of rotatable bonds is 5. The lowest BCUT2D eigenvalue weighted by molar-refractivity contribution is 0.626. The Kier molecular flexibility index (Phi) is 7.86. The summed E-state index contributed by atoms with van der Waals surface area (Å²) in [6.45, 7) is 1.29. The van der Waals surface area contributed by atoms with Crippen molar-refractivity contribution in [2.75, 3.05) is 13.1 Å². The Morgan fingerprint density at radius 2 is 1.87 bits per heavy atom. The molecule has 0 saturated carbocycles. The summed E-state index contributed by atoms with van der Waals surface area (Å²) >= 11 is 0.